The van der Waals surface area contributed by atoms with Crippen molar-refractivity contribution in [3.05, 3.63) is 72.2 Å². The molecule has 37 heavy (non-hydrogen) atoms. The highest BCUT2D eigenvalue weighted by Gasteiger charge is 2.24. The fourth-order valence-corrected chi connectivity index (χ4v) is 5.04. The summed E-state index contributed by atoms with van der Waals surface area (Å²) >= 11 is 0. The van der Waals surface area contributed by atoms with E-state index in [2.05, 4.69) is 20.0 Å². The molecule has 0 bridgehead atoms. The summed E-state index contributed by atoms with van der Waals surface area (Å²) in [4.78, 5) is 23.6. The number of halogens is 1. The van der Waals surface area contributed by atoms with Gasteiger partial charge < -0.3 is 4.74 Å². The summed E-state index contributed by atoms with van der Waals surface area (Å²) in [5.74, 6) is 0.408. The number of benzene rings is 2. The molecule has 1 aliphatic rings. The van der Waals surface area contributed by atoms with Gasteiger partial charge in [-0.2, -0.15) is 5.10 Å². The Morgan fingerprint density at radius 3 is 2.57 bits per heavy atom. The molecule has 192 valence electrons. The van der Waals surface area contributed by atoms with Crippen LogP contribution in [0.25, 0.3) is 16.7 Å². The Labute approximate surface area is 213 Å². The van der Waals surface area contributed by atoms with Crippen molar-refractivity contribution in [3.8, 4) is 11.6 Å². The molecule has 2 aromatic heterocycles. The molecule has 0 atom stereocenters. The first-order valence-electron chi connectivity index (χ1n) is 11.9. The molecule has 9 nitrogen and oxygen atoms in total. The van der Waals surface area contributed by atoms with E-state index in [0.717, 1.165) is 19.1 Å². The van der Waals surface area contributed by atoms with Gasteiger partial charge in [-0.25, -0.2) is 27.5 Å². The van der Waals surface area contributed by atoms with Gasteiger partial charge in [0.25, 0.3) is 0 Å². The van der Waals surface area contributed by atoms with Gasteiger partial charge in [-0.1, -0.05) is 18.2 Å². The Balaban J connectivity index is 1.23. The second-order valence-electron chi connectivity index (χ2n) is 9.09. The van der Waals surface area contributed by atoms with Crippen LogP contribution in [-0.2, 0) is 16.5 Å². The lowest BCUT2D eigenvalue weighted by atomic mass is 10.0. The lowest BCUT2D eigenvalue weighted by Gasteiger charge is -2.31. The van der Waals surface area contributed by atoms with Crippen molar-refractivity contribution < 1.29 is 22.3 Å². The van der Waals surface area contributed by atoms with Crippen molar-refractivity contribution >= 4 is 26.7 Å². The Morgan fingerprint density at radius 2 is 1.86 bits per heavy atom. The molecule has 4 aromatic rings. The molecule has 0 aliphatic carbocycles. The molecule has 1 aliphatic heterocycles. The van der Waals surface area contributed by atoms with Gasteiger partial charge in [0.05, 0.1) is 23.3 Å². The number of fused-ring (bicyclic) bond motifs is 1. The highest BCUT2D eigenvalue weighted by atomic mass is 32.2. The Bertz CT molecular complexity index is 1530. The van der Waals surface area contributed by atoms with Gasteiger partial charge in [-0.05, 0) is 48.7 Å². The van der Waals surface area contributed by atoms with Crippen LogP contribution < -0.4 is 4.74 Å². The minimum atomic E-state index is -3.29. The number of ether oxygens (including phenoxy) is 1. The summed E-state index contributed by atoms with van der Waals surface area (Å²) in [5, 5.41) is 5.07. The van der Waals surface area contributed by atoms with Crippen LogP contribution >= 0.6 is 0 Å². The zero-order chi connectivity index (χ0) is 26.0. The summed E-state index contributed by atoms with van der Waals surface area (Å²) in [6.45, 7) is 1.08. The third kappa shape index (κ3) is 5.52. The van der Waals surface area contributed by atoms with Crippen molar-refractivity contribution in [1.29, 1.82) is 0 Å². The lowest BCUT2D eigenvalue weighted by Crippen LogP contribution is -2.41. The molecule has 0 amide bonds. The third-order valence-electron chi connectivity index (χ3n) is 6.42. The molecule has 1 fully saturated rings. The van der Waals surface area contributed by atoms with Crippen LogP contribution in [0, 0.1) is 0 Å². The van der Waals surface area contributed by atoms with Gasteiger partial charge in [-0.15, -0.1) is 0 Å². The van der Waals surface area contributed by atoms with Crippen LogP contribution in [0.2, 0.25) is 0 Å². The number of alkyl halides is 1. The van der Waals surface area contributed by atoms with Gasteiger partial charge in [0.1, 0.15) is 24.5 Å². The standard InChI is InChI=1S/C26H26FN5O4S/c1-37(34,35)22-7-5-20(6-8-22)32-25-23(15-30-32)26(29-17-28-25)36-21-9-11-31(12-10-21)16-24(33)19-4-2-3-18(13-19)14-27/h2-8,13,15,17,21H,9-12,14,16H2,1H3. The smallest absolute Gasteiger partial charge is 0.228 e. The molecule has 3 heterocycles. The first-order chi connectivity index (χ1) is 17.8. The topological polar surface area (TPSA) is 107 Å². The van der Waals surface area contributed by atoms with Crippen molar-refractivity contribution in [3.63, 3.8) is 0 Å². The van der Waals surface area contributed by atoms with E-state index in [1.54, 1.807) is 47.3 Å². The number of Topliss-reactive ketones (excluding diaryl/α,β-unsaturated/α-hetero) is 1. The van der Waals surface area contributed by atoms with E-state index in [1.807, 2.05) is 0 Å². The van der Waals surface area contributed by atoms with Gasteiger partial charge in [-0.3, -0.25) is 9.69 Å². The summed E-state index contributed by atoms with van der Waals surface area (Å²) in [6, 6.07) is 13.1. The molecule has 0 saturated carbocycles. The predicted octanol–water partition coefficient (Wildman–Crippen LogP) is 3.41. The molecular weight excluding hydrogens is 497 g/mol. The minimum Gasteiger partial charge on any atom is -0.474 e. The van der Waals surface area contributed by atoms with Crippen molar-refractivity contribution in [2.75, 3.05) is 25.9 Å². The van der Waals surface area contributed by atoms with E-state index in [4.69, 9.17) is 4.74 Å². The highest BCUT2D eigenvalue weighted by molar-refractivity contribution is 7.90. The zero-order valence-corrected chi connectivity index (χ0v) is 21.1. The maximum absolute atomic E-state index is 12.9. The third-order valence-corrected chi connectivity index (χ3v) is 7.55. The molecule has 0 radical (unpaired) electrons. The summed E-state index contributed by atoms with van der Waals surface area (Å²) in [7, 11) is -3.29. The highest BCUT2D eigenvalue weighted by Crippen LogP contribution is 2.26. The number of likely N-dealkylation sites (tertiary alicyclic amines) is 1. The molecule has 0 unspecified atom stereocenters. The fourth-order valence-electron chi connectivity index (χ4n) is 4.41. The van der Waals surface area contributed by atoms with Crippen LogP contribution in [0.3, 0.4) is 0 Å². The van der Waals surface area contributed by atoms with Crippen LogP contribution in [0.15, 0.2) is 66.0 Å². The van der Waals surface area contributed by atoms with Crippen molar-refractivity contribution in [1.82, 2.24) is 24.6 Å². The zero-order valence-electron chi connectivity index (χ0n) is 20.2. The van der Waals surface area contributed by atoms with Gasteiger partial charge in [0.15, 0.2) is 21.3 Å². The maximum atomic E-state index is 12.9. The van der Waals surface area contributed by atoms with Gasteiger partial charge in [0, 0.05) is 24.9 Å². The Kier molecular flexibility index (Phi) is 6.98. The molecule has 0 spiro atoms. The Morgan fingerprint density at radius 1 is 1.11 bits per heavy atom. The monoisotopic (exact) mass is 523 g/mol. The van der Waals surface area contributed by atoms with Gasteiger partial charge in [0.2, 0.25) is 5.88 Å². The number of ketones is 1. The summed E-state index contributed by atoms with van der Waals surface area (Å²) < 4.78 is 44.2. The molecule has 11 heteroatoms. The van der Waals surface area contributed by atoms with Crippen LogP contribution in [0.1, 0.15) is 28.8 Å². The normalized spacial score (nSPS) is 15.2. The number of rotatable bonds is 8. The van der Waals surface area contributed by atoms with E-state index >= 15 is 0 Å². The number of carbonyl (C=O) groups excluding carboxylic acids is 1. The number of nitrogens with zero attached hydrogens (tertiary/aromatic N) is 5. The number of carbonyl (C=O) groups is 1. The molecule has 5 rings (SSSR count). The number of piperidine rings is 1. The number of sulfone groups is 1. The van der Waals surface area contributed by atoms with E-state index in [1.165, 1.54) is 18.5 Å². The molecule has 1 saturated heterocycles. The van der Waals surface area contributed by atoms with E-state index < -0.39 is 16.5 Å². The van der Waals surface area contributed by atoms with Crippen LogP contribution in [0.4, 0.5) is 4.39 Å². The van der Waals surface area contributed by atoms with Gasteiger partial charge >= 0.3 is 0 Å². The second-order valence-corrected chi connectivity index (χ2v) is 11.1. The fraction of sp³-hybridized carbons (Fsp3) is 0.308. The maximum Gasteiger partial charge on any atom is 0.228 e. The van der Waals surface area contributed by atoms with E-state index in [-0.39, 0.29) is 23.3 Å². The van der Waals surface area contributed by atoms with E-state index in [9.17, 15) is 17.6 Å². The van der Waals surface area contributed by atoms with E-state index in [0.29, 0.717) is 46.8 Å². The largest absolute Gasteiger partial charge is 0.474 e. The lowest BCUT2D eigenvalue weighted by molar-refractivity contribution is 0.0782. The molecular formula is C26H26FN5O4S. The van der Waals surface area contributed by atoms with Crippen LogP contribution in [0.5, 0.6) is 5.88 Å². The van der Waals surface area contributed by atoms with Crippen molar-refractivity contribution in [2.45, 2.75) is 30.5 Å². The van der Waals surface area contributed by atoms with Crippen LogP contribution in [-0.4, -0.2) is 70.8 Å². The minimum absolute atomic E-state index is 0.0239. The molecule has 2 aromatic carbocycles. The summed E-state index contributed by atoms with van der Waals surface area (Å²) in [5.41, 5.74) is 2.25. The first-order valence-corrected chi connectivity index (χ1v) is 13.8. The predicted molar refractivity (Wildman–Crippen MR) is 135 cm³/mol. The number of hydrogen-bond donors (Lipinski definition) is 0. The van der Waals surface area contributed by atoms with Crippen molar-refractivity contribution in [2.24, 2.45) is 0 Å². The average Bonchev–Trinajstić information content (AvgIpc) is 3.34. The number of hydrogen-bond acceptors (Lipinski definition) is 8. The quantitative estimate of drug-likeness (QED) is 0.324. The second kappa shape index (κ2) is 10.3. The Hall–Kier alpha value is -3.70. The first kappa shape index (κ1) is 25.0. The number of aromatic nitrogens is 4. The average molecular weight is 524 g/mol. The summed E-state index contributed by atoms with van der Waals surface area (Å²) in [6.07, 6.45) is 5.59. The molecule has 0 N–H and O–H groups in total. The SMILES string of the molecule is CS(=O)(=O)c1ccc(-n2ncc3c(OC4CCN(CC(=O)c5cccc(CF)c5)CC4)ncnc32)cc1.